The first-order valence-electron chi connectivity index (χ1n) is 11.5. The van der Waals surface area contributed by atoms with Gasteiger partial charge in [0.25, 0.3) is 0 Å². The zero-order valence-electron chi connectivity index (χ0n) is 19.2. The topological polar surface area (TPSA) is 55.8 Å². The molecule has 1 fully saturated rings. The van der Waals surface area contributed by atoms with Crippen LogP contribution in [-0.4, -0.2) is 42.3 Å². The highest BCUT2D eigenvalue weighted by atomic mass is 19.1. The summed E-state index contributed by atoms with van der Waals surface area (Å²) in [5, 5.41) is 12.7. The zero-order valence-corrected chi connectivity index (χ0v) is 19.2. The van der Waals surface area contributed by atoms with Crippen molar-refractivity contribution in [3.05, 3.63) is 95.1 Å². The van der Waals surface area contributed by atoms with Crippen molar-refractivity contribution < 1.29 is 18.7 Å². The maximum Gasteiger partial charge on any atom is 0.322 e. The molecule has 3 aromatic rings. The van der Waals surface area contributed by atoms with E-state index >= 15 is 0 Å². The quantitative estimate of drug-likeness (QED) is 0.528. The van der Waals surface area contributed by atoms with E-state index in [1.807, 2.05) is 55.6 Å². The van der Waals surface area contributed by atoms with Crippen LogP contribution in [0, 0.1) is 29.4 Å². The Morgan fingerprint density at radius 3 is 2.60 bits per heavy atom. The van der Waals surface area contributed by atoms with E-state index < -0.39 is 17.7 Å². The molecule has 5 rings (SSSR count). The highest BCUT2D eigenvalue weighted by Gasteiger charge is 2.47. The number of hydrogen-bond acceptors (Lipinski definition) is 3. The summed E-state index contributed by atoms with van der Waals surface area (Å²) < 4.78 is 27.8. The molecule has 2 N–H and O–H groups in total. The highest BCUT2D eigenvalue weighted by molar-refractivity contribution is 5.90. The zero-order chi connectivity index (χ0) is 24.5. The number of nitrogens with zero attached hydrogens (tertiary/aromatic N) is 2. The Bertz CT molecular complexity index is 1320. The molecule has 0 bridgehead atoms. The number of aliphatic hydroxyl groups is 1. The van der Waals surface area contributed by atoms with Crippen LogP contribution >= 0.6 is 0 Å². The number of urea groups is 1. The van der Waals surface area contributed by atoms with Gasteiger partial charge in [0, 0.05) is 42.4 Å². The monoisotopic (exact) mass is 473 g/mol. The van der Waals surface area contributed by atoms with Crippen LogP contribution in [0.1, 0.15) is 29.2 Å². The van der Waals surface area contributed by atoms with E-state index in [9.17, 15) is 18.7 Å². The number of hydrogen-bond donors (Lipinski definition) is 2. The third-order valence-corrected chi connectivity index (χ3v) is 6.91. The lowest BCUT2D eigenvalue weighted by atomic mass is 9.81. The molecule has 0 saturated carbocycles. The number of rotatable bonds is 2. The molecular weight excluding hydrogens is 448 g/mol. The average Bonchev–Trinajstić information content (AvgIpc) is 3.31. The van der Waals surface area contributed by atoms with Gasteiger partial charge in [-0.15, -0.1) is 0 Å². The van der Waals surface area contributed by atoms with E-state index in [1.165, 1.54) is 0 Å². The molecule has 2 amide bonds. The molecule has 0 aromatic heterocycles. The minimum absolute atomic E-state index is 0.0158. The molecule has 35 heavy (non-hydrogen) atoms. The molecule has 0 aliphatic carbocycles. The highest BCUT2D eigenvalue weighted by Crippen LogP contribution is 2.48. The number of carbonyl (C=O) groups excluding carboxylic acids is 1. The fourth-order valence-electron chi connectivity index (χ4n) is 5.21. The van der Waals surface area contributed by atoms with Gasteiger partial charge in [0.2, 0.25) is 0 Å². The maximum absolute atomic E-state index is 14.2. The number of anilines is 2. The largest absolute Gasteiger partial charge is 0.394 e. The van der Waals surface area contributed by atoms with Gasteiger partial charge in [-0.1, -0.05) is 30.0 Å². The van der Waals surface area contributed by atoms with Crippen molar-refractivity contribution in [1.82, 2.24) is 4.90 Å². The van der Waals surface area contributed by atoms with Crippen molar-refractivity contribution in [2.24, 2.45) is 5.92 Å². The van der Waals surface area contributed by atoms with Crippen LogP contribution in [0.25, 0.3) is 0 Å². The maximum atomic E-state index is 14.2. The fraction of sp³-hybridized carbons (Fsp3) is 0.250. The van der Waals surface area contributed by atoms with Crippen LogP contribution in [0.4, 0.5) is 25.0 Å². The van der Waals surface area contributed by atoms with Gasteiger partial charge < -0.3 is 20.2 Å². The number of fused-ring (bicyclic) bond motifs is 3. The molecule has 1 saturated heterocycles. The van der Waals surface area contributed by atoms with E-state index in [4.69, 9.17) is 0 Å². The molecule has 0 unspecified atom stereocenters. The van der Waals surface area contributed by atoms with Crippen molar-refractivity contribution in [1.29, 1.82) is 0 Å². The molecule has 178 valence electrons. The lowest BCUT2D eigenvalue weighted by Crippen LogP contribution is -2.48. The smallest absolute Gasteiger partial charge is 0.322 e. The summed E-state index contributed by atoms with van der Waals surface area (Å²) >= 11 is 0. The predicted molar refractivity (Wildman–Crippen MR) is 131 cm³/mol. The van der Waals surface area contributed by atoms with E-state index in [-0.39, 0.29) is 30.3 Å². The van der Waals surface area contributed by atoms with Crippen molar-refractivity contribution in [2.75, 3.05) is 30.4 Å². The van der Waals surface area contributed by atoms with Gasteiger partial charge in [-0.3, -0.25) is 0 Å². The number of halogens is 2. The van der Waals surface area contributed by atoms with Gasteiger partial charge in [0.1, 0.15) is 11.6 Å². The minimum atomic E-state index is -0.703. The van der Waals surface area contributed by atoms with Crippen LogP contribution in [0.15, 0.2) is 66.7 Å². The summed E-state index contributed by atoms with van der Waals surface area (Å²) in [6, 6.07) is 17.5. The molecule has 3 atom stereocenters. The van der Waals surface area contributed by atoms with Gasteiger partial charge in [-0.05, 0) is 54.4 Å². The fourth-order valence-corrected chi connectivity index (χ4v) is 5.21. The second kappa shape index (κ2) is 9.40. The Labute approximate surface area is 203 Å². The van der Waals surface area contributed by atoms with Crippen molar-refractivity contribution in [3.8, 4) is 11.8 Å². The van der Waals surface area contributed by atoms with Gasteiger partial charge >= 0.3 is 6.03 Å². The van der Waals surface area contributed by atoms with Crippen LogP contribution in [-0.2, 0) is 0 Å². The molecule has 2 aliphatic heterocycles. The average molecular weight is 474 g/mol. The second-order valence-electron chi connectivity index (χ2n) is 8.90. The molecule has 3 aromatic carbocycles. The second-order valence-corrected chi connectivity index (χ2v) is 8.90. The lowest BCUT2D eigenvalue weighted by molar-refractivity contribution is 0.168. The van der Waals surface area contributed by atoms with Crippen LogP contribution in [0.5, 0.6) is 0 Å². The number of likely N-dealkylation sites (tertiary alicyclic amines) is 1. The Morgan fingerprint density at radius 2 is 1.83 bits per heavy atom. The lowest BCUT2D eigenvalue weighted by Gasteiger charge is -2.44. The summed E-state index contributed by atoms with van der Waals surface area (Å²) in [4.78, 5) is 16.9. The number of carbonyl (C=O) groups is 1. The number of aliphatic hydroxyl groups excluding tert-OH is 1. The summed E-state index contributed by atoms with van der Waals surface area (Å²) in [6.07, 6.45) is 0.679. The first kappa shape index (κ1) is 22.9. The van der Waals surface area contributed by atoms with Crippen molar-refractivity contribution in [3.63, 3.8) is 0 Å². The molecule has 2 heterocycles. The Hall–Kier alpha value is -3.89. The molecule has 2 aliphatic rings. The van der Waals surface area contributed by atoms with Crippen molar-refractivity contribution in [2.45, 2.75) is 18.5 Å². The van der Waals surface area contributed by atoms with Gasteiger partial charge in [0.15, 0.2) is 0 Å². The van der Waals surface area contributed by atoms with E-state index in [0.717, 1.165) is 40.6 Å². The van der Waals surface area contributed by atoms with Crippen LogP contribution in [0.2, 0.25) is 0 Å². The standard InChI is InChI=1S/C28H25F2N3O2/c1-32-25-12-9-19(8-7-18-5-3-2-4-6-18)15-22(25)27-21(26(32)17-34)13-14-33(27)28(35)31-24-16-20(29)10-11-23(24)30/h2-6,9-12,15-16,21,26-27,34H,13-14,17H2,1H3,(H,31,35)/t21-,26+,27-/m1/s1. The van der Waals surface area contributed by atoms with E-state index in [0.29, 0.717) is 13.0 Å². The first-order valence-corrected chi connectivity index (χ1v) is 11.5. The predicted octanol–water partition coefficient (Wildman–Crippen LogP) is 4.77. The van der Waals surface area contributed by atoms with Gasteiger partial charge in [-0.2, -0.15) is 0 Å². The number of amides is 2. The Morgan fingerprint density at radius 1 is 1.06 bits per heavy atom. The summed E-state index contributed by atoms with van der Waals surface area (Å²) in [6.45, 7) is 0.377. The van der Waals surface area contributed by atoms with Crippen molar-refractivity contribution >= 4 is 17.4 Å². The normalized spacial score (nSPS) is 20.5. The van der Waals surface area contributed by atoms with Gasteiger partial charge in [0.05, 0.1) is 24.4 Å². The summed E-state index contributed by atoms with van der Waals surface area (Å²) in [5.41, 5.74) is 3.35. The molecular formula is C28H25F2N3O2. The molecule has 0 spiro atoms. The first-order chi connectivity index (χ1) is 17.0. The number of likely N-dealkylation sites (N-methyl/N-ethyl adjacent to an activating group) is 1. The molecule has 7 heteroatoms. The number of nitrogens with one attached hydrogen (secondary N) is 1. The third kappa shape index (κ3) is 4.33. The van der Waals surface area contributed by atoms with Gasteiger partial charge in [-0.25, -0.2) is 13.6 Å². The third-order valence-electron chi connectivity index (χ3n) is 6.91. The summed E-state index contributed by atoms with van der Waals surface area (Å²) in [7, 11) is 1.94. The van der Waals surface area contributed by atoms with Crippen LogP contribution < -0.4 is 10.2 Å². The Kier molecular flexibility index (Phi) is 6.14. The minimum Gasteiger partial charge on any atom is -0.394 e. The Balaban J connectivity index is 1.50. The van der Waals surface area contributed by atoms with Crippen LogP contribution in [0.3, 0.4) is 0 Å². The summed E-state index contributed by atoms with van der Waals surface area (Å²) in [5.74, 6) is 5.01. The van der Waals surface area contributed by atoms with E-state index in [1.54, 1.807) is 4.90 Å². The van der Waals surface area contributed by atoms with E-state index in [2.05, 4.69) is 22.1 Å². The molecule has 5 nitrogen and oxygen atoms in total. The molecule has 0 radical (unpaired) electrons. The SMILES string of the molecule is CN1c2ccc(C#Cc3ccccc3)cc2[C@H]2[C@H](CCN2C(=O)Nc2cc(F)ccc2F)[C@@H]1CO. The number of benzene rings is 3.